The summed E-state index contributed by atoms with van der Waals surface area (Å²) in [5, 5.41) is 0. The number of aryl methyl sites for hydroxylation is 1. The fourth-order valence-corrected chi connectivity index (χ4v) is 5.97. The Morgan fingerprint density at radius 1 is 0.500 bits per heavy atom. The molecule has 0 bridgehead atoms. The van der Waals surface area contributed by atoms with Gasteiger partial charge in [-0.05, 0) is 76.2 Å². The lowest BCUT2D eigenvalue weighted by Gasteiger charge is -2.28. The molecule has 0 spiro atoms. The number of hydrogen-bond donors (Lipinski definition) is 0. The lowest BCUT2D eigenvalue weighted by Crippen LogP contribution is -2.28. The monoisotopic (exact) mass is 487 g/mol. The summed E-state index contributed by atoms with van der Waals surface area (Å²) < 4.78 is 0. The van der Waals surface area contributed by atoms with E-state index < -0.39 is 0 Å². The molecule has 1 unspecified atom stereocenters. The summed E-state index contributed by atoms with van der Waals surface area (Å²) in [4.78, 5) is 2.50. The Labute approximate surface area is 225 Å². The second-order valence-electron chi connectivity index (χ2n) is 10.3. The third-order valence-electron chi connectivity index (χ3n) is 7.85. The molecule has 5 aromatic rings. The van der Waals surface area contributed by atoms with E-state index in [9.17, 15) is 0 Å². The zero-order chi connectivity index (χ0) is 25.5. The first kappa shape index (κ1) is 22.6. The highest BCUT2D eigenvalue weighted by molar-refractivity contribution is 5.81. The molecule has 0 fully saturated rings. The van der Waals surface area contributed by atoms with Gasteiger partial charge in [0.15, 0.2) is 0 Å². The SMILES string of the molecule is Cc1cccc(-c2cccc(-c3ccc4c(c3)[C@H]3C=CC=CC3N4c3ccc(-c4ccccc4)cc3)c2)c1. The molecule has 1 heterocycles. The van der Waals surface area contributed by atoms with Crippen LogP contribution in [0, 0.1) is 6.92 Å². The molecule has 182 valence electrons. The lowest BCUT2D eigenvalue weighted by molar-refractivity contribution is 0.745. The quantitative estimate of drug-likeness (QED) is 0.244. The summed E-state index contributed by atoms with van der Waals surface area (Å²) in [7, 11) is 0. The fourth-order valence-electron chi connectivity index (χ4n) is 5.97. The Bertz CT molecular complexity index is 1670. The zero-order valence-electron chi connectivity index (χ0n) is 21.5. The molecule has 1 aliphatic heterocycles. The molecule has 0 saturated carbocycles. The maximum absolute atomic E-state index is 2.50. The van der Waals surface area contributed by atoms with E-state index in [0.29, 0.717) is 5.92 Å². The number of fused-ring (bicyclic) bond motifs is 3. The summed E-state index contributed by atoms with van der Waals surface area (Å²) in [5.41, 5.74) is 12.7. The van der Waals surface area contributed by atoms with Crippen LogP contribution in [-0.4, -0.2) is 6.04 Å². The van der Waals surface area contributed by atoms with Crippen LogP contribution in [0.1, 0.15) is 17.0 Å². The van der Waals surface area contributed by atoms with Crippen LogP contribution < -0.4 is 4.90 Å². The van der Waals surface area contributed by atoms with Crippen molar-refractivity contribution in [3.8, 4) is 33.4 Å². The molecule has 0 saturated heterocycles. The molecular formula is C37H29N. The maximum Gasteiger partial charge on any atom is 0.0629 e. The fraction of sp³-hybridized carbons (Fsp3) is 0.0811. The molecule has 1 heteroatoms. The highest BCUT2D eigenvalue weighted by Gasteiger charge is 2.37. The largest absolute Gasteiger partial charge is 0.333 e. The topological polar surface area (TPSA) is 3.24 Å². The average Bonchev–Trinajstić information content (AvgIpc) is 3.31. The van der Waals surface area contributed by atoms with Crippen molar-refractivity contribution in [3.63, 3.8) is 0 Å². The predicted molar refractivity (Wildman–Crippen MR) is 161 cm³/mol. The van der Waals surface area contributed by atoms with E-state index in [2.05, 4.69) is 157 Å². The molecule has 1 aliphatic carbocycles. The Morgan fingerprint density at radius 2 is 1.11 bits per heavy atom. The van der Waals surface area contributed by atoms with Crippen LogP contribution >= 0.6 is 0 Å². The summed E-state index contributed by atoms with van der Waals surface area (Å²) in [6, 6.07) is 44.5. The standard InChI is InChI=1S/C37H29N/c1-26-9-7-12-29(23-26)30-13-8-14-31(24-30)32-19-22-37-35(25-32)34-15-5-6-16-36(34)38(37)33-20-17-28(18-21-33)27-10-3-2-4-11-27/h2-25,34,36H,1H3/t34-,36?/m1/s1. The number of benzene rings is 5. The molecule has 5 aromatic carbocycles. The van der Waals surface area contributed by atoms with E-state index in [1.165, 1.54) is 55.9 Å². The average molecular weight is 488 g/mol. The molecule has 38 heavy (non-hydrogen) atoms. The van der Waals surface area contributed by atoms with E-state index in [1.807, 2.05) is 0 Å². The van der Waals surface area contributed by atoms with E-state index in [0.717, 1.165) is 0 Å². The van der Waals surface area contributed by atoms with Crippen molar-refractivity contribution in [2.75, 3.05) is 4.90 Å². The smallest absolute Gasteiger partial charge is 0.0629 e. The normalized spacial score (nSPS) is 17.3. The summed E-state index contributed by atoms with van der Waals surface area (Å²) in [6.45, 7) is 2.15. The van der Waals surface area contributed by atoms with E-state index >= 15 is 0 Å². The molecule has 0 N–H and O–H groups in total. The molecule has 7 rings (SSSR count). The van der Waals surface area contributed by atoms with Gasteiger partial charge in [-0.3, -0.25) is 0 Å². The van der Waals surface area contributed by atoms with Gasteiger partial charge >= 0.3 is 0 Å². The van der Waals surface area contributed by atoms with E-state index in [4.69, 9.17) is 0 Å². The van der Waals surface area contributed by atoms with Gasteiger partial charge in [0.05, 0.1) is 6.04 Å². The van der Waals surface area contributed by atoms with E-state index in [-0.39, 0.29) is 6.04 Å². The third kappa shape index (κ3) is 3.97. The Morgan fingerprint density at radius 3 is 1.87 bits per heavy atom. The van der Waals surface area contributed by atoms with Crippen LogP contribution in [0.15, 0.2) is 146 Å². The molecule has 0 aromatic heterocycles. The zero-order valence-corrected chi connectivity index (χ0v) is 21.5. The van der Waals surface area contributed by atoms with Crippen molar-refractivity contribution >= 4 is 11.4 Å². The number of hydrogen-bond acceptors (Lipinski definition) is 1. The molecule has 0 amide bonds. The minimum absolute atomic E-state index is 0.284. The number of rotatable bonds is 4. The first-order chi connectivity index (χ1) is 18.7. The Hall–Kier alpha value is -4.62. The predicted octanol–water partition coefficient (Wildman–Crippen LogP) is 9.73. The van der Waals surface area contributed by atoms with Crippen molar-refractivity contribution in [1.29, 1.82) is 0 Å². The van der Waals surface area contributed by atoms with Gasteiger partial charge in [0.1, 0.15) is 0 Å². The van der Waals surface area contributed by atoms with Crippen LogP contribution in [0.5, 0.6) is 0 Å². The van der Waals surface area contributed by atoms with Gasteiger partial charge in [0.2, 0.25) is 0 Å². The van der Waals surface area contributed by atoms with Crippen LogP contribution in [0.4, 0.5) is 11.4 Å². The minimum atomic E-state index is 0.284. The molecule has 2 atom stereocenters. The van der Waals surface area contributed by atoms with E-state index in [1.54, 1.807) is 0 Å². The molecule has 2 aliphatic rings. The lowest BCUT2D eigenvalue weighted by atomic mass is 9.89. The van der Waals surface area contributed by atoms with Crippen LogP contribution in [0.3, 0.4) is 0 Å². The molecule has 0 radical (unpaired) electrons. The van der Waals surface area contributed by atoms with Crippen molar-refractivity contribution in [2.45, 2.75) is 18.9 Å². The number of nitrogens with zero attached hydrogens (tertiary/aromatic N) is 1. The number of allylic oxidation sites excluding steroid dienone is 2. The minimum Gasteiger partial charge on any atom is -0.333 e. The summed E-state index contributed by atoms with van der Waals surface area (Å²) in [6.07, 6.45) is 9.07. The van der Waals surface area contributed by atoms with Gasteiger partial charge in [-0.25, -0.2) is 0 Å². The number of anilines is 2. The van der Waals surface area contributed by atoms with Crippen molar-refractivity contribution in [3.05, 3.63) is 157 Å². The summed E-state index contributed by atoms with van der Waals surface area (Å²) >= 11 is 0. The van der Waals surface area contributed by atoms with Crippen molar-refractivity contribution < 1.29 is 0 Å². The second kappa shape index (κ2) is 9.36. The summed E-state index contributed by atoms with van der Waals surface area (Å²) in [5.74, 6) is 0.337. The highest BCUT2D eigenvalue weighted by Crippen LogP contribution is 2.49. The molecule has 1 nitrogen and oxygen atoms in total. The maximum atomic E-state index is 2.50. The van der Waals surface area contributed by atoms with Crippen LogP contribution in [0.25, 0.3) is 33.4 Å². The first-order valence-corrected chi connectivity index (χ1v) is 13.4. The van der Waals surface area contributed by atoms with Gasteiger partial charge in [-0.2, -0.15) is 0 Å². The van der Waals surface area contributed by atoms with Crippen LogP contribution in [0.2, 0.25) is 0 Å². The van der Waals surface area contributed by atoms with Gasteiger partial charge in [-0.1, -0.05) is 121 Å². The van der Waals surface area contributed by atoms with Gasteiger partial charge < -0.3 is 4.90 Å². The first-order valence-electron chi connectivity index (χ1n) is 13.4. The van der Waals surface area contributed by atoms with Crippen LogP contribution in [-0.2, 0) is 0 Å². The van der Waals surface area contributed by atoms with Crippen molar-refractivity contribution in [2.24, 2.45) is 0 Å². The Balaban J connectivity index is 1.27. The molecular weight excluding hydrogens is 458 g/mol. The van der Waals surface area contributed by atoms with Gasteiger partial charge in [0.25, 0.3) is 0 Å². The van der Waals surface area contributed by atoms with Gasteiger partial charge in [0, 0.05) is 17.3 Å². The second-order valence-corrected chi connectivity index (χ2v) is 10.3. The van der Waals surface area contributed by atoms with Crippen molar-refractivity contribution in [1.82, 2.24) is 0 Å². The highest BCUT2D eigenvalue weighted by atomic mass is 15.2. The third-order valence-corrected chi connectivity index (χ3v) is 7.85. The van der Waals surface area contributed by atoms with Gasteiger partial charge in [-0.15, -0.1) is 0 Å². The Kier molecular flexibility index (Phi) is 5.56.